The first-order chi connectivity index (χ1) is 11.0. The first kappa shape index (κ1) is 16.5. The lowest BCUT2D eigenvalue weighted by Crippen LogP contribution is -2.09. The summed E-state index contributed by atoms with van der Waals surface area (Å²) in [6, 6.07) is 7.36. The molecule has 0 amide bonds. The van der Waals surface area contributed by atoms with Crippen molar-refractivity contribution in [1.29, 1.82) is 0 Å². The monoisotopic (exact) mass is 316 g/mol. The Balaban J connectivity index is 2.09. The summed E-state index contributed by atoms with van der Waals surface area (Å²) < 4.78 is 9.78. The van der Waals surface area contributed by atoms with E-state index in [0.717, 1.165) is 0 Å². The van der Waals surface area contributed by atoms with Crippen molar-refractivity contribution in [3.63, 3.8) is 0 Å². The first-order valence-electron chi connectivity index (χ1n) is 7.13. The molecule has 2 aromatic rings. The van der Waals surface area contributed by atoms with Gasteiger partial charge in [0.1, 0.15) is 11.3 Å². The number of para-hydroxylation sites is 1. The number of rotatable bonds is 7. The fourth-order valence-electron chi connectivity index (χ4n) is 2.06. The Morgan fingerprint density at radius 2 is 1.74 bits per heavy atom. The zero-order valence-electron chi connectivity index (χ0n) is 12.6. The summed E-state index contributed by atoms with van der Waals surface area (Å²) in [5.41, 5.74) is -0.0853. The number of aromatic hydroxyl groups is 1. The Bertz CT molecular complexity index is 715. The van der Waals surface area contributed by atoms with Crippen LogP contribution in [0.15, 0.2) is 41.0 Å². The number of carbonyl (C=O) groups is 3. The quantitative estimate of drug-likeness (QED) is 0.623. The second kappa shape index (κ2) is 7.40. The third-order valence-electron chi connectivity index (χ3n) is 3.21. The number of phenols is 1. The number of hydrogen-bond donors (Lipinski definition) is 1. The molecule has 2 rings (SSSR count). The van der Waals surface area contributed by atoms with Crippen LogP contribution in [0.4, 0.5) is 0 Å². The molecule has 0 spiro atoms. The molecule has 0 radical (unpaired) electrons. The number of furan rings is 1. The van der Waals surface area contributed by atoms with E-state index in [-0.39, 0.29) is 42.1 Å². The van der Waals surface area contributed by atoms with Crippen molar-refractivity contribution in [2.75, 3.05) is 6.61 Å². The highest BCUT2D eigenvalue weighted by molar-refractivity contribution is 6.05. The molecule has 1 heterocycles. The number of benzene rings is 1. The van der Waals surface area contributed by atoms with Gasteiger partial charge in [0.15, 0.2) is 17.3 Å². The van der Waals surface area contributed by atoms with Crippen LogP contribution in [0.25, 0.3) is 0 Å². The molecule has 0 fully saturated rings. The second-order valence-corrected chi connectivity index (χ2v) is 4.75. The third-order valence-corrected chi connectivity index (χ3v) is 3.21. The molecule has 0 atom stereocenters. The van der Waals surface area contributed by atoms with Crippen molar-refractivity contribution in [1.82, 2.24) is 0 Å². The van der Waals surface area contributed by atoms with Gasteiger partial charge in [-0.1, -0.05) is 6.07 Å². The van der Waals surface area contributed by atoms with Crippen LogP contribution in [-0.4, -0.2) is 29.2 Å². The number of Topliss-reactive ketones (excluding diaryl/α,β-unsaturated/α-hetero) is 2. The minimum Gasteiger partial charge on any atom is -0.506 e. The standard InChI is InChI=1S/C17H16O6/c1-2-22-17(21)12-6-3-5-11(16(12)20)13(18)8-9-14(19)15-7-4-10-23-15/h3-7,10,20H,2,8-9H2,1H3. The van der Waals surface area contributed by atoms with Crippen LogP contribution in [0, 0.1) is 0 Å². The van der Waals surface area contributed by atoms with Crippen molar-refractivity contribution in [2.45, 2.75) is 19.8 Å². The van der Waals surface area contributed by atoms with Crippen molar-refractivity contribution < 1.29 is 28.6 Å². The van der Waals surface area contributed by atoms with Gasteiger partial charge in [-0.2, -0.15) is 0 Å². The minimum atomic E-state index is -0.702. The molecule has 0 aliphatic carbocycles. The summed E-state index contributed by atoms with van der Waals surface area (Å²) in [5, 5.41) is 10.1. The minimum absolute atomic E-state index is 0.0113. The SMILES string of the molecule is CCOC(=O)c1cccc(C(=O)CCC(=O)c2ccco2)c1O. The van der Waals surface area contributed by atoms with Gasteiger partial charge in [-0.25, -0.2) is 4.79 Å². The van der Waals surface area contributed by atoms with E-state index in [0.29, 0.717) is 0 Å². The van der Waals surface area contributed by atoms with Crippen molar-refractivity contribution in [3.8, 4) is 5.75 Å². The summed E-state index contributed by atoms with van der Waals surface area (Å²) in [6.45, 7) is 1.80. The normalized spacial score (nSPS) is 10.3. The summed E-state index contributed by atoms with van der Waals surface area (Å²) in [4.78, 5) is 35.7. The molecule has 0 aliphatic heterocycles. The molecule has 0 unspecified atom stereocenters. The van der Waals surface area contributed by atoms with E-state index < -0.39 is 17.5 Å². The predicted octanol–water partition coefficient (Wildman–Crippen LogP) is 3.01. The molecular weight excluding hydrogens is 300 g/mol. The van der Waals surface area contributed by atoms with Gasteiger partial charge < -0.3 is 14.3 Å². The summed E-state index contributed by atoms with van der Waals surface area (Å²) in [7, 11) is 0. The average molecular weight is 316 g/mol. The van der Waals surface area contributed by atoms with Gasteiger partial charge in [0.05, 0.1) is 18.4 Å². The van der Waals surface area contributed by atoms with Crippen molar-refractivity contribution >= 4 is 17.5 Å². The van der Waals surface area contributed by atoms with Crippen LogP contribution in [0.3, 0.4) is 0 Å². The van der Waals surface area contributed by atoms with E-state index in [2.05, 4.69) is 0 Å². The smallest absolute Gasteiger partial charge is 0.341 e. The second-order valence-electron chi connectivity index (χ2n) is 4.75. The summed E-state index contributed by atoms with van der Waals surface area (Å²) in [5.74, 6) is -1.69. The molecule has 0 aliphatic rings. The molecule has 0 saturated heterocycles. The number of hydrogen-bond acceptors (Lipinski definition) is 6. The van der Waals surface area contributed by atoms with E-state index in [4.69, 9.17) is 9.15 Å². The number of ether oxygens (including phenoxy) is 1. The average Bonchev–Trinajstić information content (AvgIpc) is 3.07. The number of esters is 1. The van der Waals surface area contributed by atoms with Crippen LogP contribution in [0.2, 0.25) is 0 Å². The number of ketones is 2. The molecule has 23 heavy (non-hydrogen) atoms. The molecular formula is C17H16O6. The molecule has 1 N–H and O–H groups in total. The maximum Gasteiger partial charge on any atom is 0.341 e. The van der Waals surface area contributed by atoms with Crippen LogP contribution in [0.1, 0.15) is 51.0 Å². The van der Waals surface area contributed by atoms with Gasteiger partial charge in [0.25, 0.3) is 0 Å². The molecule has 6 nitrogen and oxygen atoms in total. The number of phenolic OH excluding ortho intramolecular Hbond substituents is 1. The summed E-state index contributed by atoms with van der Waals surface area (Å²) in [6.07, 6.45) is 1.23. The Morgan fingerprint density at radius 3 is 2.39 bits per heavy atom. The van der Waals surface area contributed by atoms with Crippen molar-refractivity contribution in [3.05, 3.63) is 53.5 Å². The Labute approximate surface area is 132 Å². The zero-order chi connectivity index (χ0) is 16.8. The Hall–Kier alpha value is -2.89. The summed E-state index contributed by atoms with van der Waals surface area (Å²) >= 11 is 0. The van der Waals surface area contributed by atoms with Gasteiger partial charge in [0.2, 0.25) is 0 Å². The highest BCUT2D eigenvalue weighted by Crippen LogP contribution is 2.25. The van der Waals surface area contributed by atoms with E-state index >= 15 is 0 Å². The maximum atomic E-state index is 12.2. The highest BCUT2D eigenvalue weighted by atomic mass is 16.5. The molecule has 6 heteroatoms. The van der Waals surface area contributed by atoms with E-state index in [9.17, 15) is 19.5 Å². The lowest BCUT2D eigenvalue weighted by Gasteiger charge is -2.08. The van der Waals surface area contributed by atoms with Gasteiger partial charge in [-0.15, -0.1) is 0 Å². The largest absolute Gasteiger partial charge is 0.506 e. The molecule has 1 aromatic carbocycles. The lowest BCUT2D eigenvalue weighted by atomic mass is 10.0. The van der Waals surface area contributed by atoms with E-state index in [1.165, 1.54) is 30.5 Å². The number of carbonyl (C=O) groups excluding carboxylic acids is 3. The van der Waals surface area contributed by atoms with Gasteiger partial charge in [-0.05, 0) is 31.2 Å². The van der Waals surface area contributed by atoms with Crippen LogP contribution < -0.4 is 0 Å². The Morgan fingerprint density at radius 1 is 1.04 bits per heavy atom. The fraction of sp³-hybridized carbons (Fsp3) is 0.235. The van der Waals surface area contributed by atoms with Gasteiger partial charge in [-0.3, -0.25) is 9.59 Å². The predicted molar refractivity (Wildman–Crippen MR) is 80.7 cm³/mol. The molecule has 0 saturated carbocycles. The van der Waals surface area contributed by atoms with Gasteiger partial charge in [0, 0.05) is 12.8 Å². The molecule has 0 bridgehead atoms. The van der Waals surface area contributed by atoms with Crippen LogP contribution in [-0.2, 0) is 4.74 Å². The lowest BCUT2D eigenvalue weighted by molar-refractivity contribution is 0.0523. The third kappa shape index (κ3) is 3.85. The maximum absolute atomic E-state index is 12.2. The Kier molecular flexibility index (Phi) is 5.30. The van der Waals surface area contributed by atoms with E-state index in [1.807, 2.05) is 0 Å². The van der Waals surface area contributed by atoms with Crippen LogP contribution in [0.5, 0.6) is 5.75 Å². The topological polar surface area (TPSA) is 93.8 Å². The fourth-order valence-corrected chi connectivity index (χ4v) is 2.06. The first-order valence-corrected chi connectivity index (χ1v) is 7.13. The van der Waals surface area contributed by atoms with Crippen molar-refractivity contribution in [2.24, 2.45) is 0 Å². The zero-order valence-corrected chi connectivity index (χ0v) is 12.6. The molecule has 120 valence electrons. The molecule has 1 aromatic heterocycles. The highest BCUT2D eigenvalue weighted by Gasteiger charge is 2.20. The van der Waals surface area contributed by atoms with Gasteiger partial charge >= 0.3 is 5.97 Å². The van der Waals surface area contributed by atoms with E-state index in [1.54, 1.807) is 13.0 Å². The van der Waals surface area contributed by atoms with Crippen LogP contribution >= 0.6 is 0 Å².